The maximum absolute atomic E-state index is 12.9. The number of furan rings is 1. The van der Waals surface area contributed by atoms with Gasteiger partial charge in [-0.25, -0.2) is 14.2 Å². The number of aromatic nitrogens is 2. The van der Waals surface area contributed by atoms with Gasteiger partial charge in [0.05, 0.1) is 11.0 Å². The Labute approximate surface area is 170 Å². The molecule has 0 bridgehead atoms. The van der Waals surface area contributed by atoms with Gasteiger partial charge in [-0.3, -0.25) is 9.29 Å². The molecule has 0 saturated heterocycles. The Kier molecular flexibility index (Phi) is 4.84. The molecule has 1 unspecified atom stereocenters. The number of hydrogen-bond donors (Lipinski definition) is 2. The Hall–Kier alpha value is -2.84. The molecule has 1 fully saturated rings. The number of hydrogen-bond acceptors (Lipinski definition) is 4. The van der Waals surface area contributed by atoms with E-state index in [1.165, 1.54) is 23.5 Å². The number of rotatable bonds is 6. The van der Waals surface area contributed by atoms with E-state index in [0.717, 1.165) is 22.0 Å². The van der Waals surface area contributed by atoms with E-state index >= 15 is 0 Å². The van der Waals surface area contributed by atoms with E-state index < -0.39 is 5.97 Å². The van der Waals surface area contributed by atoms with Crippen molar-refractivity contribution in [2.24, 2.45) is 7.05 Å². The number of benzene rings is 1. The molecule has 4 rings (SSSR count). The van der Waals surface area contributed by atoms with Crippen LogP contribution in [0.3, 0.4) is 0 Å². The first kappa shape index (κ1) is 19.5. The summed E-state index contributed by atoms with van der Waals surface area (Å²) in [4.78, 5) is 24.7. The van der Waals surface area contributed by atoms with Crippen molar-refractivity contribution in [1.29, 1.82) is 0 Å². The van der Waals surface area contributed by atoms with E-state index in [2.05, 4.69) is 23.1 Å². The molecular formula is C21H23N3O4S. The number of fused-ring (bicyclic) bond motifs is 1. The monoisotopic (exact) mass is 413 g/mol. The Morgan fingerprint density at radius 1 is 1.28 bits per heavy atom. The van der Waals surface area contributed by atoms with Gasteiger partial charge in [-0.1, -0.05) is 10.7 Å². The second-order valence-corrected chi connectivity index (χ2v) is 9.23. The molecule has 1 atom stereocenters. The van der Waals surface area contributed by atoms with Gasteiger partial charge in [0.2, 0.25) is 5.88 Å². The van der Waals surface area contributed by atoms with Crippen LogP contribution in [0.1, 0.15) is 32.4 Å². The van der Waals surface area contributed by atoms with Gasteiger partial charge in [0.15, 0.2) is 0 Å². The number of carboxylic acid groups (broad SMARTS) is 1. The van der Waals surface area contributed by atoms with Gasteiger partial charge < -0.3 is 9.52 Å². The average molecular weight is 413 g/mol. The third-order valence-corrected chi connectivity index (χ3v) is 7.04. The van der Waals surface area contributed by atoms with Gasteiger partial charge >= 0.3 is 11.7 Å². The van der Waals surface area contributed by atoms with Crippen molar-refractivity contribution in [3.05, 3.63) is 52.7 Å². The van der Waals surface area contributed by atoms with Crippen LogP contribution in [0, 0.1) is 0 Å². The van der Waals surface area contributed by atoms with Gasteiger partial charge in [-0.15, -0.1) is 0 Å². The predicted molar refractivity (Wildman–Crippen MR) is 116 cm³/mol. The molecule has 0 aliphatic heterocycles. The van der Waals surface area contributed by atoms with Crippen LogP contribution >= 0.6 is 10.7 Å². The number of aliphatic carboxylic acids is 1. The molecule has 0 amide bonds. The average Bonchev–Trinajstić information content (AvgIpc) is 3.15. The van der Waals surface area contributed by atoms with Crippen LogP contribution in [-0.4, -0.2) is 31.1 Å². The SMILES string of the molecule is C/C=S(/NC1(C)CC1)c1ccc2c(c1)n(-c1ccc(/C=C/C(=O)O)o1)c(=O)n2C. The molecule has 7 nitrogen and oxygen atoms in total. The van der Waals surface area contributed by atoms with Crippen LogP contribution in [0.4, 0.5) is 0 Å². The molecule has 2 heterocycles. The molecule has 2 aromatic heterocycles. The van der Waals surface area contributed by atoms with Crippen LogP contribution in [0.5, 0.6) is 0 Å². The van der Waals surface area contributed by atoms with Crippen molar-refractivity contribution in [1.82, 2.24) is 13.9 Å². The zero-order valence-electron chi connectivity index (χ0n) is 16.5. The molecule has 2 N–H and O–H groups in total. The lowest BCUT2D eigenvalue weighted by atomic mass is 10.3. The normalized spacial score (nSPS) is 16.7. The summed E-state index contributed by atoms with van der Waals surface area (Å²) in [6.07, 6.45) is 4.69. The number of nitrogens with one attached hydrogen (secondary N) is 1. The van der Waals surface area contributed by atoms with Gasteiger partial charge in [-0.05, 0) is 62.4 Å². The quantitative estimate of drug-likeness (QED) is 0.477. The van der Waals surface area contributed by atoms with Crippen molar-refractivity contribution in [2.45, 2.75) is 37.1 Å². The van der Waals surface area contributed by atoms with E-state index in [0.29, 0.717) is 11.6 Å². The highest BCUT2D eigenvalue weighted by atomic mass is 32.2. The molecule has 1 aliphatic rings. The Morgan fingerprint density at radius 2 is 2.03 bits per heavy atom. The van der Waals surface area contributed by atoms with Crippen molar-refractivity contribution < 1.29 is 14.3 Å². The lowest BCUT2D eigenvalue weighted by Crippen LogP contribution is -2.22. The molecule has 1 saturated carbocycles. The number of aryl methyl sites for hydroxylation is 1. The first-order valence-corrected chi connectivity index (χ1v) is 10.6. The summed E-state index contributed by atoms with van der Waals surface area (Å²) in [5.74, 6) is -0.340. The molecule has 0 radical (unpaired) electrons. The van der Waals surface area contributed by atoms with Crippen molar-refractivity contribution in [3.63, 3.8) is 0 Å². The van der Waals surface area contributed by atoms with Crippen LogP contribution in [-0.2, 0) is 11.8 Å². The van der Waals surface area contributed by atoms with Crippen LogP contribution in [0.2, 0.25) is 0 Å². The van der Waals surface area contributed by atoms with Gasteiger partial charge in [-0.2, -0.15) is 0 Å². The zero-order chi connectivity index (χ0) is 20.8. The topological polar surface area (TPSA) is 89.4 Å². The molecule has 152 valence electrons. The summed E-state index contributed by atoms with van der Waals surface area (Å²) in [6, 6.07) is 9.34. The van der Waals surface area contributed by atoms with Gasteiger partial charge in [0.1, 0.15) is 5.76 Å². The fourth-order valence-electron chi connectivity index (χ4n) is 3.19. The van der Waals surface area contributed by atoms with Crippen molar-refractivity contribution in [3.8, 4) is 5.88 Å². The van der Waals surface area contributed by atoms with E-state index in [-0.39, 0.29) is 21.9 Å². The molecule has 3 aromatic rings. The van der Waals surface area contributed by atoms with Gasteiger partial charge in [0.25, 0.3) is 0 Å². The third kappa shape index (κ3) is 3.73. The minimum Gasteiger partial charge on any atom is -0.478 e. The standard InChI is InChI=1S/C21H23N3O4S/c1-4-29(22-21(2)11-12-21)15-7-8-16-17(13-15)24(20(27)23(16)3)18-9-5-14(28-18)6-10-19(25)26/h4-10,13,22H,11-12H2,1-3H3,(H,25,26)/b10-6+. The molecule has 1 aromatic carbocycles. The minimum atomic E-state index is -1.06. The fourth-order valence-corrected chi connectivity index (χ4v) is 4.88. The summed E-state index contributed by atoms with van der Waals surface area (Å²) in [7, 11) is 1.50. The number of carbonyl (C=O) groups is 1. The fraction of sp³-hybridized carbons (Fsp3) is 0.286. The number of imidazole rings is 1. The van der Waals surface area contributed by atoms with Crippen LogP contribution in [0.25, 0.3) is 23.0 Å². The Balaban J connectivity index is 1.81. The van der Waals surface area contributed by atoms with E-state index in [1.54, 1.807) is 23.7 Å². The lowest BCUT2D eigenvalue weighted by molar-refractivity contribution is -0.131. The Morgan fingerprint density at radius 3 is 2.69 bits per heavy atom. The van der Waals surface area contributed by atoms with Gasteiger partial charge in [0, 0.05) is 29.6 Å². The second kappa shape index (κ2) is 7.20. The summed E-state index contributed by atoms with van der Waals surface area (Å²) in [6.45, 7) is 4.26. The van der Waals surface area contributed by atoms with Crippen LogP contribution in [0.15, 0.2) is 50.5 Å². The highest BCUT2D eigenvalue weighted by Gasteiger charge is 2.37. The largest absolute Gasteiger partial charge is 0.478 e. The second-order valence-electron chi connectivity index (χ2n) is 7.41. The van der Waals surface area contributed by atoms with E-state index in [4.69, 9.17) is 9.52 Å². The lowest BCUT2D eigenvalue weighted by Gasteiger charge is -2.17. The first-order chi connectivity index (χ1) is 13.8. The predicted octanol–water partition coefficient (Wildman–Crippen LogP) is 3.53. The smallest absolute Gasteiger partial charge is 0.335 e. The maximum atomic E-state index is 12.9. The highest BCUT2D eigenvalue weighted by molar-refractivity contribution is 8.13. The summed E-state index contributed by atoms with van der Waals surface area (Å²) in [5, 5.41) is 10.9. The Bertz CT molecular complexity index is 1220. The number of carboxylic acids is 1. The van der Waals surface area contributed by atoms with Crippen molar-refractivity contribution >= 4 is 39.1 Å². The molecular weight excluding hydrogens is 390 g/mol. The summed E-state index contributed by atoms with van der Waals surface area (Å²) < 4.78 is 12.5. The molecule has 29 heavy (non-hydrogen) atoms. The highest BCUT2D eigenvalue weighted by Crippen LogP contribution is 2.40. The number of nitrogens with zero attached hydrogens (tertiary/aromatic N) is 2. The van der Waals surface area contributed by atoms with Crippen LogP contribution < -0.4 is 10.4 Å². The minimum absolute atomic E-state index is 0.188. The zero-order valence-corrected chi connectivity index (χ0v) is 17.3. The summed E-state index contributed by atoms with van der Waals surface area (Å²) in [5.41, 5.74) is 1.52. The summed E-state index contributed by atoms with van der Waals surface area (Å²) >= 11 is 0. The maximum Gasteiger partial charge on any atom is 0.335 e. The first-order valence-electron chi connectivity index (χ1n) is 9.34. The van der Waals surface area contributed by atoms with E-state index in [1.807, 2.05) is 19.1 Å². The molecule has 8 heteroatoms. The molecule has 0 spiro atoms. The molecule has 1 aliphatic carbocycles. The third-order valence-electron chi connectivity index (χ3n) is 5.10. The van der Waals surface area contributed by atoms with Crippen molar-refractivity contribution in [2.75, 3.05) is 0 Å². The van der Waals surface area contributed by atoms with E-state index in [9.17, 15) is 9.59 Å².